The first-order chi connectivity index (χ1) is 10.7. The van der Waals surface area contributed by atoms with E-state index in [4.69, 9.17) is 4.74 Å². The molecule has 114 valence electrons. The zero-order valence-corrected chi connectivity index (χ0v) is 12.6. The fraction of sp³-hybridized carbons (Fsp3) is 0.267. The van der Waals surface area contributed by atoms with Crippen molar-refractivity contribution in [1.29, 1.82) is 0 Å². The monoisotopic (exact) mass is 317 g/mol. The summed E-state index contributed by atoms with van der Waals surface area (Å²) in [6.07, 6.45) is 2.53. The highest BCUT2D eigenvalue weighted by molar-refractivity contribution is 7.13. The smallest absolute Gasteiger partial charge is 0.410 e. The number of nitrogens with zero attached hydrogens (tertiary/aromatic N) is 2. The van der Waals surface area contributed by atoms with Gasteiger partial charge in [0.2, 0.25) is 5.91 Å². The summed E-state index contributed by atoms with van der Waals surface area (Å²) in [5.74, 6) is 0.246. The molecule has 0 aliphatic carbocycles. The number of carbonyl (C=O) groups excluding carboxylic acids is 2. The molecular formula is C15H15N3O3S. The summed E-state index contributed by atoms with van der Waals surface area (Å²) in [5, 5.41) is 5.05. The Kier molecular flexibility index (Phi) is 4.34. The van der Waals surface area contributed by atoms with Crippen LogP contribution in [0.4, 0.5) is 9.93 Å². The van der Waals surface area contributed by atoms with Crippen molar-refractivity contribution < 1.29 is 14.3 Å². The first-order valence-corrected chi connectivity index (χ1v) is 7.86. The van der Waals surface area contributed by atoms with Gasteiger partial charge >= 0.3 is 6.09 Å². The van der Waals surface area contributed by atoms with E-state index < -0.39 is 12.1 Å². The normalized spacial score (nSPS) is 17.3. The van der Waals surface area contributed by atoms with E-state index in [0.717, 1.165) is 6.42 Å². The number of thiazole rings is 1. The first kappa shape index (κ1) is 14.5. The van der Waals surface area contributed by atoms with Crippen LogP contribution in [-0.4, -0.2) is 34.5 Å². The quantitative estimate of drug-likeness (QED) is 0.945. The van der Waals surface area contributed by atoms with Gasteiger partial charge in [-0.3, -0.25) is 9.69 Å². The number of para-hydroxylation sites is 1. The molecule has 6 nitrogen and oxygen atoms in total. The summed E-state index contributed by atoms with van der Waals surface area (Å²) >= 11 is 1.34. The van der Waals surface area contributed by atoms with Crippen LogP contribution >= 0.6 is 11.3 Å². The number of anilines is 1. The van der Waals surface area contributed by atoms with E-state index in [1.165, 1.54) is 16.2 Å². The van der Waals surface area contributed by atoms with E-state index in [1.54, 1.807) is 35.8 Å². The molecule has 0 bridgehead atoms. The zero-order chi connectivity index (χ0) is 15.4. The third-order valence-electron chi connectivity index (χ3n) is 3.40. The van der Waals surface area contributed by atoms with Crippen LogP contribution in [0.15, 0.2) is 41.9 Å². The second-order valence-electron chi connectivity index (χ2n) is 4.86. The molecule has 1 N–H and O–H groups in total. The highest BCUT2D eigenvalue weighted by atomic mass is 32.1. The lowest BCUT2D eigenvalue weighted by Gasteiger charge is -2.22. The van der Waals surface area contributed by atoms with Crippen LogP contribution in [0.1, 0.15) is 12.8 Å². The van der Waals surface area contributed by atoms with Crippen LogP contribution < -0.4 is 10.1 Å². The molecular weight excluding hydrogens is 302 g/mol. The van der Waals surface area contributed by atoms with Gasteiger partial charge in [-0.2, -0.15) is 0 Å². The SMILES string of the molecule is O=C(Nc1nccs1)C1CCCN1C(=O)Oc1ccccc1. The summed E-state index contributed by atoms with van der Waals surface area (Å²) in [6.45, 7) is 0.515. The Labute approximate surface area is 131 Å². The molecule has 2 heterocycles. The van der Waals surface area contributed by atoms with E-state index in [2.05, 4.69) is 10.3 Å². The Balaban J connectivity index is 1.64. The second-order valence-corrected chi connectivity index (χ2v) is 5.75. The topological polar surface area (TPSA) is 71.5 Å². The van der Waals surface area contributed by atoms with Crippen molar-refractivity contribution in [1.82, 2.24) is 9.88 Å². The zero-order valence-electron chi connectivity index (χ0n) is 11.8. The first-order valence-electron chi connectivity index (χ1n) is 6.98. The number of ether oxygens (including phenoxy) is 1. The van der Waals surface area contributed by atoms with Crippen molar-refractivity contribution in [2.75, 3.05) is 11.9 Å². The van der Waals surface area contributed by atoms with E-state index in [9.17, 15) is 9.59 Å². The predicted octanol–water partition coefficient (Wildman–Crippen LogP) is 2.75. The fourth-order valence-electron chi connectivity index (χ4n) is 2.38. The minimum atomic E-state index is -0.514. The lowest BCUT2D eigenvalue weighted by atomic mass is 10.2. The maximum Gasteiger partial charge on any atom is 0.415 e. The van der Waals surface area contributed by atoms with Gasteiger partial charge in [0.05, 0.1) is 0 Å². The van der Waals surface area contributed by atoms with Crippen LogP contribution in [0, 0.1) is 0 Å². The third kappa shape index (κ3) is 3.25. The molecule has 1 atom stereocenters. The Morgan fingerprint density at radius 1 is 1.32 bits per heavy atom. The van der Waals surface area contributed by atoms with Crippen LogP contribution in [0.3, 0.4) is 0 Å². The molecule has 0 radical (unpaired) electrons. The van der Waals surface area contributed by atoms with Crippen LogP contribution in [0.2, 0.25) is 0 Å². The molecule has 1 aliphatic heterocycles. The van der Waals surface area contributed by atoms with Gasteiger partial charge < -0.3 is 10.1 Å². The molecule has 2 amide bonds. The minimum absolute atomic E-state index is 0.225. The number of hydrogen-bond donors (Lipinski definition) is 1. The molecule has 1 aromatic carbocycles. The summed E-state index contributed by atoms with van der Waals surface area (Å²) < 4.78 is 5.31. The molecule has 2 aromatic rings. The number of nitrogens with one attached hydrogen (secondary N) is 1. The molecule has 1 fully saturated rings. The van der Waals surface area contributed by atoms with Crippen molar-refractivity contribution in [3.05, 3.63) is 41.9 Å². The largest absolute Gasteiger partial charge is 0.415 e. The van der Waals surface area contributed by atoms with Gasteiger partial charge in [-0.25, -0.2) is 9.78 Å². The Morgan fingerprint density at radius 3 is 2.86 bits per heavy atom. The van der Waals surface area contributed by atoms with Crippen molar-refractivity contribution in [2.45, 2.75) is 18.9 Å². The summed E-state index contributed by atoms with van der Waals surface area (Å²) in [7, 11) is 0. The van der Waals surface area contributed by atoms with E-state index >= 15 is 0 Å². The number of hydrogen-bond acceptors (Lipinski definition) is 5. The van der Waals surface area contributed by atoms with Gasteiger partial charge in [-0.1, -0.05) is 18.2 Å². The maximum atomic E-state index is 12.3. The molecule has 3 rings (SSSR count). The summed E-state index contributed by atoms with van der Waals surface area (Å²) in [4.78, 5) is 30.0. The highest BCUT2D eigenvalue weighted by Gasteiger charge is 2.35. The van der Waals surface area contributed by atoms with Crippen molar-refractivity contribution in [3.8, 4) is 5.75 Å². The maximum absolute atomic E-state index is 12.3. The molecule has 22 heavy (non-hydrogen) atoms. The number of amides is 2. The highest BCUT2D eigenvalue weighted by Crippen LogP contribution is 2.22. The summed E-state index contributed by atoms with van der Waals surface area (Å²) in [5.41, 5.74) is 0. The van der Waals surface area contributed by atoms with Crippen molar-refractivity contribution in [3.63, 3.8) is 0 Å². The Morgan fingerprint density at radius 2 is 2.14 bits per heavy atom. The lowest BCUT2D eigenvalue weighted by molar-refractivity contribution is -0.119. The van der Waals surface area contributed by atoms with Gasteiger partial charge in [-0.05, 0) is 25.0 Å². The van der Waals surface area contributed by atoms with E-state index in [1.807, 2.05) is 6.07 Å². The van der Waals surface area contributed by atoms with Gasteiger partial charge in [0.25, 0.3) is 0 Å². The number of aromatic nitrogens is 1. The van der Waals surface area contributed by atoms with E-state index in [-0.39, 0.29) is 5.91 Å². The average molecular weight is 317 g/mol. The molecule has 1 saturated heterocycles. The molecule has 1 unspecified atom stereocenters. The number of rotatable bonds is 3. The summed E-state index contributed by atoms with van der Waals surface area (Å²) in [6, 6.07) is 8.33. The Hall–Kier alpha value is -2.41. The third-order valence-corrected chi connectivity index (χ3v) is 4.09. The number of carbonyl (C=O) groups is 2. The molecule has 1 aliphatic rings. The van der Waals surface area contributed by atoms with Crippen LogP contribution in [0.5, 0.6) is 5.75 Å². The average Bonchev–Trinajstić information content (AvgIpc) is 3.19. The molecule has 0 spiro atoms. The molecule has 0 saturated carbocycles. The number of likely N-dealkylation sites (tertiary alicyclic amines) is 1. The Bertz CT molecular complexity index is 645. The molecule has 7 heteroatoms. The minimum Gasteiger partial charge on any atom is -0.410 e. The van der Waals surface area contributed by atoms with Gasteiger partial charge in [0.1, 0.15) is 11.8 Å². The fourth-order valence-corrected chi connectivity index (χ4v) is 2.91. The van der Waals surface area contributed by atoms with Crippen molar-refractivity contribution in [2.24, 2.45) is 0 Å². The molecule has 1 aromatic heterocycles. The second kappa shape index (κ2) is 6.57. The van der Waals surface area contributed by atoms with Gasteiger partial charge in [-0.15, -0.1) is 11.3 Å². The number of benzene rings is 1. The van der Waals surface area contributed by atoms with Gasteiger partial charge in [0.15, 0.2) is 5.13 Å². The lowest BCUT2D eigenvalue weighted by Crippen LogP contribution is -2.44. The van der Waals surface area contributed by atoms with Crippen molar-refractivity contribution >= 4 is 28.5 Å². The van der Waals surface area contributed by atoms with E-state index in [0.29, 0.717) is 23.8 Å². The van der Waals surface area contributed by atoms with Gasteiger partial charge in [0, 0.05) is 18.1 Å². The van der Waals surface area contributed by atoms with Crippen LogP contribution in [0.25, 0.3) is 0 Å². The predicted molar refractivity (Wildman–Crippen MR) is 82.9 cm³/mol. The standard InChI is InChI=1S/C15H15N3O3S/c19-13(17-14-16-8-10-22-14)12-7-4-9-18(12)15(20)21-11-5-2-1-3-6-11/h1-3,5-6,8,10,12H,4,7,9H2,(H,16,17,19). The van der Waals surface area contributed by atoms with Crippen LogP contribution in [-0.2, 0) is 4.79 Å².